The van der Waals surface area contributed by atoms with Crippen LogP contribution in [0.3, 0.4) is 0 Å². The van der Waals surface area contributed by atoms with Gasteiger partial charge in [0.15, 0.2) is 5.16 Å². The molecule has 164 valence electrons. The average Bonchev–Trinajstić information content (AvgIpc) is 2.83. The number of nitriles is 1. The highest BCUT2D eigenvalue weighted by atomic mass is 32.2. The highest BCUT2D eigenvalue weighted by molar-refractivity contribution is 7.99. The quantitative estimate of drug-likeness (QED) is 0.429. The summed E-state index contributed by atoms with van der Waals surface area (Å²) in [4.78, 5) is 32.8. The van der Waals surface area contributed by atoms with Crippen LogP contribution in [0.5, 0.6) is 0 Å². The molecule has 1 aromatic heterocycles. The molecular weight excluding hydrogens is 420 g/mol. The van der Waals surface area contributed by atoms with E-state index in [2.05, 4.69) is 13.0 Å². The van der Waals surface area contributed by atoms with Gasteiger partial charge in [-0.3, -0.25) is 14.2 Å². The maximum Gasteiger partial charge on any atom is 0.266 e. The lowest BCUT2D eigenvalue weighted by atomic mass is 9.87. The van der Waals surface area contributed by atoms with E-state index in [1.807, 2.05) is 24.1 Å². The molecule has 1 aliphatic carbocycles. The number of carbonyl (C=O) groups is 1. The molecule has 1 saturated carbocycles. The molecule has 0 saturated heterocycles. The van der Waals surface area contributed by atoms with E-state index in [9.17, 15) is 9.59 Å². The van der Waals surface area contributed by atoms with Crippen LogP contribution in [0, 0.1) is 17.2 Å². The van der Waals surface area contributed by atoms with Crippen LogP contribution in [0.4, 0.5) is 0 Å². The fourth-order valence-corrected chi connectivity index (χ4v) is 5.12. The van der Waals surface area contributed by atoms with E-state index in [0.29, 0.717) is 27.3 Å². The second-order valence-corrected chi connectivity index (χ2v) is 9.36. The number of carbonyl (C=O) groups excluding carboxylic acids is 1. The lowest BCUT2D eigenvalue weighted by Gasteiger charge is -2.33. The maximum atomic E-state index is 13.3. The molecule has 1 amide bonds. The van der Waals surface area contributed by atoms with E-state index in [4.69, 9.17) is 10.2 Å². The minimum absolute atomic E-state index is 0.0448. The van der Waals surface area contributed by atoms with Crippen LogP contribution in [-0.2, 0) is 4.79 Å². The first-order valence-corrected chi connectivity index (χ1v) is 11.9. The molecule has 7 heteroatoms. The number of rotatable bonds is 5. The summed E-state index contributed by atoms with van der Waals surface area (Å²) in [5.74, 6) is 0.986. The Morgan fingerprint density at radius 2 is 1.84 bits per heavy atom. The molecule has 4 rings (SSSR count). The third-order valence-electron chi connectivity index (χ3n) is 6.25. The monoisotopic (exact) mass is 446 g/mol. The summed E-state index contributed by atoms with van der Waals surface area (Å²) >= 11 is 1.28. The van der Waals surface area contributed by atoms with Gasteiger partial charge in [-0.2, -0.15) is 5.26 Å². The molecule has 0 N–H and O–H groups in total. The Balaban J connectivity index is 1.63. The third-order valence-corrected chi connectivity index (χ3v) is 7.17. The lowest BCUT2D eigenvalue weighted by molar-refractivity contribution is -0.129. The van der Waals surface area contributed by atoms with Gasteiger partial charge < -0.3 is 4.90 Å². The number of nitrogens with zero attached hydrogens (tertiary/aromatic N) is 4. The predicted octanol–water partition coefficient (Wildman–Crippen LogP) is 4.39. The van der Waals surface area contributed by atoms with Crippen LogP contribution in [0.25, 0.3) is 16.6 Å². The zero-order chi connectivity index (χ0) is 22.7. The van der Waals surface area contributed by atoms with Gasteiger partial charge in [0.05, 0.1) is 34.0 Å². The number of benzene rings is 2. The fourth-order valence-electron chi connectivity index (χ4n) is 4.18. The number of fused-ring (bicyclic) bond motifs is 1. The summed E-state index contributed by atoms with van der Waals surface area (Å²) in [6, 6.07) is 16.4. The second kappa shape index (κ2) is 9.58. The molecule has 0 unspecified atom stereocenters. The van der Waals surface area contributed by atoms with Crippen LogP contribution in [0.1, 0.15) is 38.2 Å². The molecule has 0 radical (unpaired) electrons. The van der Waals surface area contributed by atoms with Crippen LogP contribution in [0.15, 0.2) is 58.5 Å². The standard InChI is InChI=1S/C25H26N4O2S/c1-17-7-11-19(12-8-17)28(2)23(30)16-32-25-27-22-6-4-3-5-21(22)24(31)29(25)20-13-9-18(15-26)10-14-20/h3-6,9-10,13-14,17,19H,7-8,11-12,16H2,1-2H3. The van der Waals surface area contributed by atoms with E-state index >= 15 is 0 Å². The summed E-state index contributed by atoms with van der Waals surface area (Å²) in [5, 5.41) is 10.1. The molecule has 32 heavy (non-hydrogen) atoms. The van der Waals surface area contributed by atoms with Gasteiger partial charge in [-0.15, -0.1) is 0 Å². The van der Waals surface area contributed by atoms with Crippen LogP contribution in [0.2, 0.25) is 0 Å². The zero-order valence-electron chi connectivity index (χ0n) is 18.3. The summed E-state index contributed by atoms with van der Waals surface area (Å²) in [7, 11) is 1.88. The first-order valence-electron chi connectivity index (χ1n) is 10.9. The Morgan fingerprint density at radius 1 is 1.16 bits per heavy atom. The number of hydrogen-bond acceptors (Lipinski definition) is 5. The largest absolute Gasteiger partial charge is 0.342 e. The van der Waals surface area contributed by atoms with Gasteiger partial charge in [-0.05, 0) is 68.0 Å². The van der Waals surface area contributed by atoms with Gasteiger partial charge in [0.1, 0.15) is 0 Å². The number of para-hydroxylation sites is 1. The summed E-state index contributed by atoms with van der Waals surface area (Å²) < 4.78 is 1.53. The summed E-state index contributed by atoms with van der Waals surface area (Å²) in [5.41, 5.74) is 1.55. The number of aromatic nitrogens is 2. The Morgan fingerprint density at radius 3 is 2.53 bits per heavy atom. The van der Waals surface area contributed by atoms with Gasteiger partial charge >= 0.3 is 0 Å². The van der Waals surface area contributed by atoms with Gasteiger partial charge in [-0.25, -0.2) is 4.98 Å². The lowest BCUT2D eigenvalue weighted by Crippen LogP contribution is -2.40. The van der Waals surface area contributed by atoms with Crippen molar-refractivity contribution in [1.82, 2.24) is 14.5 Å². The van der Waals surface area contributed by atoms with E-state index in [0.717, 1.165) is 31.6 Å². The van der Waals surface area contributed by atoms with Gasteiger partial charge in [-0.1, -0.05) is 30.8 Å². The smallest absolute Gasteiger partial charge is 0.266 e. The molecule has 2 aromatic carbocycles. The molecule has 1 heterocycles. The Kier molecular flexibility index (Phi) is 6.61. The fraction of sp³-hybridized carbons (Fsp3) is 0.360. The molecule has 1 aliphatic rings. The molecule has 0 aliphatic heterocycles. The Bertz CT molecular complexity index is 1220. The highest BCUT2D eigenvalue weighted by Gasteiger charge is 2.25. The van der Waals surface area contributed by atoms with Gasteiger partial charge in [0, 0.05) is 13.1 Å². The van der Waals surface area contributed by atoms with Crippen LogP contribution < -0.4 is 5.56 Å². The van der Waals surface area contributed by atoms with Crippen molar-refractivity contribution in [3.8, 4) is 11.8 Å². The van der Waals surface area contributed by atoms with Crippen LogP contribution in [-0.4, -0.2) is 39.2 Å². The number of amides is 1. The topological polar surface area (TPSA) is 79.0 Å². The average molecular weight is 447 g/mol. The zero-order valence-corrected chi connectivity index (χ0v) is 19.1. The molecule has 3 aromatic rings. The third kappa shape index (κ3) is 4.56. The van der Waals surface area contributed by atoms with Crippen molar-refractivity contribution in [3.05, 3.63) is 64.4 Å². The van der Waals surface area contributed by atoms with Crippen molar-refractivity contribution in [2.24, 2.45) is 5.92 Å². The molecule has 6 nitrogen and oxygen atoms in total. The normalized spacial score (nSPS) is 18.3. The van der Waals surface area contributed by atoms with E-state index in [-0.39, 0.29) is 23.3 Å². The molecule has 0 spiro atoms. The highest BCUT2D eigenvalue weighted by Crippen LogP contribution is 2.28. The Hall–Kier alpha value is -3.11. The first-order chi connectivity index (χ1) is 15.5. The van der Waals surface area contributed by atoms with Crippen molar-refractivity contribution in [1.29, 1.82) is 5.26 Å². The predicted molar refractivity (Wildman–Crippen MR) is 127 cm³/mol. The molecule has 0 atom stereocenters. The van der Waals surface area contributed by atoms with Crippen molar-refractivity contribution in [2.45, 2.75) is 43.8 Å². The molecule has 1 fully saturated rings. The first kappa shape index (κ1) is 22.1. The SMILES string of the molecule is CC1CCC(N(C)C(=O)CSc2nc3ccccc3c(=O)n2-c2ccc(C#N)cc2)CC1. The number of thioether (sulfide) groups is 1. The second-order valence-electron chi connectivity index (χ2n) is 8.42. The molecule has 0 bridgehead atoms. The minimum Gasteiger partial charge on any atom is -0.342 e. The maximum absolute atomic E-state index is 13.3. The van der Waals surface area contributed by atoms with Crippen molar-refractivity contribution < 1.29 is 4.79 Å². The summed E-state index contributed by atoms with van der Waals surface area (Å²) in [6.45, 7) is 2.27. The Labute approximate surface area is 191 Å². The van der Waals surface area contributed by atoms with Crippen molar-refractivity contribution >= 4 is 28.6 Å². The van der Waals surface area contributed by atoms with E-state index < -0.39 is 0 Å². The minimum atomic E-state index is -0.190. The molecular formula is C25H26N4O2S. The van der Waals surface area contributed by atoms with Crippen molar-refractivity contribution in [2.75, 3.05) is 12.8 Å². The van der Waals surface area contributed by atoms with E-state index in [1.165, 1.54) is 16.3 Å². The van der Waals surface area contributed by atoms with Crippen LogP contribution >= 0.6 is 11.8 Å². The summed E-state index contributed by atoms with van der Waals surface area (Å²) in [6.07, 6.45) is 4.39. The van der Waals surface area contributed by atoms with E-state index in [1.54, 1.807) is 36.4 Å². The van der Waals surface area contributed by atoms with Crippen molar-refractivity contribution in [3.63, 3.8) is 0 Å². The van der Waals surface area contributed by atoms with Gasteiger partial charge in [0.25, 0.3) is 5.56 Å². The van der Waals surface area contributed by atoms with Gasteiger partial charge in [0.2, 0.25) is 5.91 Å². The number of hydrogen-bond donors (Lipinski definition) is 0.